The van der Waals surface area contributed by atoms with Crippen molar-refractivity contribution < 1.29 is 17.6 Å². The van der Waals surface area contributed by atoms with E-state index in [4.69, 9.17) is 11.6 Å². The lowest BCUT2D eigenvalue weighted by atomic mass is 10.1. The van der Waals surface area contributed by atoms with E-state index >= 15 is 0 Å². The standard InChI is InChI=1S/C17H18ClFN2O3S/c1-25(23,24)21(16-5-3-2-4-15(16)19)12-17(22)20-11-10-13-6-8-14(18)9-7-13/h2-9H,10-12H2,1H3,(H,20,22). The number of sulfonamides is 1. The van der Waals surface area contributed by atoms with Gasteiger partial charge in [0.05, 0.1) is 11.9 Å². The Morgan fingerprint density at radius 1 is 1.16 bits per heavy atom. The van der Waals surface area contributed by atoms with Gasteiger partial charge in [0, 0.05) is 11.6 Å². The fourth-order valence-electron chi connectivity index (χ4n) is 2.22. The Hall–Kier alpha value is -2.12. The Balaban J connectivity index is 1.98. The number of hydrogen-bond donors (Lipinski definition) is 1. The van der Waals surface area contributed by atoms with Gasteiger partial charge in [0.1, 0.15) is 12.4 Å². The van der Waals surface area contributed by atoms with Crippen molar-refractivity contribution in [3.05, 3.63) is 64.9 Å². The van der Waals surface area contributed by atoms with Crippen LogP contribution in [0.25, 0.3) is 0 Å². The number of nitrogens with zero attached hydrogens (tertiary/aromatic N) is 1. The molecule has 0 aliphatic heterocycles. The third-order valence-corrected chi connectivity index (χ3v) is 4.84. The van der Waals surface area contributed by atoms with Crippen LogP contribution >= 0.6 is 11.6 Å². The van der Waals surface area contributed by atoms with E-state index in [1.165, 1.54) is 18.2 Å². The molecule has 5 nitrogen and oxygen atoms in total. The molecule has 0 atom stereocenters. The van der Waals surface area contributed by atoms with E-state index in [2.05, 4.69) is 5.32 Å². The first-order valence-electron chi connectivity index (χ1n) is 7.51. The summed E-state index contributed by atoms with van der Waals surface area (Å²) in [5.41, 5.74) is 0.830. The quantitative estimate of drug-likeness (QED) is 0.798. The summed E-state index contributed by atoms with van der Waals surface area (Å²) in [7, 11) is -3.80. The molecule has 2 aromatic rings. The average Bonchev–Trinajstić information content (AvgIpc) is 2.54. The van der Waals surface area contributed by atoms with Crippen molar-refractivity contribution in [3.8, 4) is 0 Å². The molecular weight excluding hydrogens is 367 g/mol. The minimum Gasteiger partial charge on any atom is -0.354 e. The largest absolute Gasteiger partial charge is 0.354 e. The van der Waals surface area contributed by atoms with Crippen LogP contribution in [0.3, 0.4) is 0 Å². The lowest BCUT2D eigenvalue weighted by Gasteiger charge is -2.22. The normalized spacial score (nSPS) is 11.2. The first-order valence-corrected chi connectivity index (χ1v) is 9.73. The maximum atomic E-state index is 13.9. The van der Waals surface area contributed by atoms with E-state index < -0.39 is 28.3 Å². The van der Waals surface area contributed by atoms with Gasteiger partial charge in [-0.2, -0.15) is 0 Å². The smallest absolute Gasteiger partial charge is 0.240 e. The number of nitrogens with one attached hydrogen (secondary N) is 1. The zero-order valence-electron chi connectivity index (χ0n) is 13.6. The molecule has 0 fully saturated rings. The number of para-hydroxylation sites is 1. The van der Waals surface area contributed by atoms with Crippen LogP contribution in [0.5, 0.6) is 0 Å². The van der Waals surface area contributed by atoms with Crippen LogP contribution in [0, 0.1) is 5.82 Å². The van der Waals surface area contributed by atoms with Gasteiger partial charge in [-0.05, 0) is 36.2 Å². The van der Waals surface area contributed by atoms with E-state index in [1.54, 1.807) is 12.1 Å². The van der Waals surface area contributed by atoms with Crippen molar-refractivity contribution in [3.63, 3.8) is 0 Å². The predicted molar refractivity (Wildman–Crippen MR) is 96.8 cm³/mol. The molecule has 2 rings (SSSR count). The molecule has 0 bridgehead atoms. The van der Waals surface area contributed by atoms with Crippen LogP contribution in [-0.4, -0.2) is 33.7 Å². The fourth-order valence-corrected chi connectivity index (χ4v) is 3.20. The Morgan fingerprint density at radius 3 is 2.40 bits per heavy atom. The third-order valence-electron chi connectivity index (χ3n) is 3.46. The second kappa shape index (κ2) is 8.31. The molecule has 1 N–H and O–H groups in total. The van der Waals surface area contributed by atoms with Crippen LogP contribution in [-0.2, 0) is 21.2 Å². The first kappa shape index (κ1) is 19.2. The maximum absolute atomic E-state index is 13.9. The SMILES string of the molecule is CS(=O)(=O)N(CC(=O)NCCc1ccc(Cl)cc1)c1ccccc1F. The van der Waals surface area contributed by atoms with Crippen LogP contribution < -0.4 is 9.62 Å². The summed E-state index contributed by atoms with van der Waals surface area (Å²) in [6.07, 6.45) is 1.50. The van der Waals surface area contributed by atoms with Crippen LogP contribution in [0.2, 0.25) is 5.02 Å². The van der Waals surface area contributed by atoms with Gasteiger partial charge in [0.25, 0.3) is 0 Å². The lowest BCUT2D eigenvalue weighted by Crippen LogP contribution is -2.41. The van der Waals surface area contributed by atoms with Gasteiger partial charge in [0.2, 0.25) is 15.9 Å². The van der Waals surface area contributed by atoms with Gasteiger partial charge in [-0.15, -0.1) is 0 Å². The molecule has 0 aromatic heterocycles. The van der Waals surface area contributed by atoms with Gasteiger partial charge >= 0.3 is 0 Å². The molecule has 0 spiro atoms. The van der Waals surface area contributed by atoms with Gasteiger partial charge in [-0.1, -0.05) is 35.9 Å². The number of halogens is 2. The monoisotopic (exact) mass is 384 g/mol. The van der Waals surface area contributed by atoms with Gasteiger partial charge < -0.3 is 5.32 Å². The molecule has 1 amide bonds. The molecule has 0 heterocycles. The molecule has 0 aliphatic carbocycles. The molecule has 0 radical (unpaired) electrons. The van der Waals surface area contributed by atoms with E-state index in [-0.39, 0.29) is 5.69 Å². The summed E-state index contributed by atoms with van der Waals surface area (Å²) in [6, 6.07) is 12.6. The highest BCUT2D eigenvalue weighted by Gasteiger charge is 2.23. The number of carbonyl (C=O) groups excluding carboxylic acids is 1. The summed E-state index contributed by atoms with van der Waals surface area (Å²) < 4.78 is 38.5. The highest BCUT2D eigenvalue weighted by Crippen LogP contribution is 2.20. The van der Waals surface area contributed by atoms with Crippen molar-refractivity contribution in [2.75, 3.05) is 23.7 Å². The van der Waals surface area contributed by atoms with Crippen molar-refractivity contribution in [1.29, 1.82) is 0 Å². The Labute approximate surface area is 151 Å². The predicted octanol–water partition coefficient (Wildman–Crippen LogP) is 2.60. The highest BCUT2D eigenvalue weighted by atomic mass is 35.5. The van der Waals surface area contributed by atoms with Gasteiger partial charge in [-0.3, -0.25) is 9.10 Å². The molecule has 0 saturated carbocycles. The lowest BCUT2D eigenvalue weighted by molar-refractivity contribution is -0.119. The molecule has 0 unspecified atom stereocenters. The molecule has 25 heavy (non-hydrogen) atoms. The van der Waals surface area contributed by atoms with Crippen molar-refractivity contribution in [1.82, 2.24) is 5.32 Å². The minimum atomic E-state index is -3.80. The minimum absolute atomic E-state index is 0.155. The molecule has 2 aromatic carbocycles. The summed E-state index contributed by atoms with van der Waals surface area (Å²) in [6.45, 7) is -0.157. The first-order chi connectivity index (χ1) is 11.8. The Morgan fingerprint density at radius 2 is 1.80 bits per heavy atom. The number of benzene rings is 2. The molecule has 134 valence electrons. The zero-order chi connectivity index (χ0) is 18.4. The number of anilines is 1. The maximum Gasteiger partial charge on any atom is 0.240 e. The fraction of sp³-hybridized carbons (Fsp3) is 0.235. The number of hydrogen-bond acceptors (Lipinski definition) is 3. The number of rotatable bonds is 7. The van der Waals surface area contributed by atoms with E-state index in [0.29, 0.717) is 18.0 Å². The van der Waals surface area contributed by atoms with Crippen molar-refractivity contribution in [2.24, 2.45) is 0 Å². The van der Waals surface area contributed by atoms with Crippen molar-refractivity contribution in [2.45, 2.75) is 6.42 Å². The van der Waals surface area contributed by atoms with Gasteiger partial charge in [-0.25, -0.2) is 12.8 Å². The average molecular weight is 385 g/mol. The van der Waals surface area contributed by atoms with E-state index in [1.807, 2.05) is 12.1 Å². The summed E-state index contributed by atoms with van der Waals surface area (Å²) in [5, 5.41) is 3.26. The van der Waals surface area contributed by atoms with E-state index in [9.17, 15) is 17.6 Å². The Kier molecular flexibility index (Phi) is 6.39. The topological polar surface area (TPSA) is 66.5 Å². The second-order valence-corrected chi connectivity index (χ2v) is 7.79. The summed E-state index contributed by atoms with van der Waals surface area (Å²) >= 11 is 5.80. The highest BCUT2D eigenvalue weighted by molar-refractivity contribution is 7.92. The molecule has 0 aliphatic rings. The number of amides is 1. The molecule has 0 saturated heterocycles. The second-order valence-electron chi connectivity index (χ2n) is 5.45. The van der Waals surface area contributed by atoms with Crippen molar-refractivity contribution >= 4 is 33.2 Å². The van der Waals surface area contributed by atoms with E-state index in [0.717, 1.165) is 22.2 Å². The zero-order valence-corrected chi connectivity index (χ0v) is 15.1. The van der Waals surface area contributed by atoms with Crippen LogP contribution in [0.15, 0.2) is 48.5 Å². The number of carbonyl (C=O) groups is 1. The molecular formula is C17H18ClFN2O3S. The Bertz CT molecular complexity index is 841. The third kappa shape index (κ3) is 5.72. The van der Waals surface area contributed by atoms with Gasteiger partial charge in [0.15, 0.2) is 0 Å². The molecule has 8 heteroatoms. The van der Waals surface area contributed by atoms with Crippen LogP contribution in [0.1, 0.15) is 5.56 Å². The van der Waals surface area contributed by atoms with Crippen LogP contribution in [0.4, 0.5) is 10.1 Å². The summed E-state index contributed by atoms with van der Waals surface area (Å²) in [4.78, 5) is 12.1. The summed E-state index contributed by atoms with van der Waals surface area (Å²) in [5.74, 6) is -1.22.